The van der Waals surface area contributed by atoms with Gasteiger partial charge in [-0.1, -0.05) is 74.5 Å². The Bertz CT molecular complexity index is 1350. The highest BCUT2D eigenvalue weighted by Crippen LogP contribution is 2.20. The van der Waals surface area contributed by atoms with E-state index in [4.69, 9.17) is 22.9 Å². The van der Waals surface area contributed by atoms with E-state index in [-0.39, 0.29) is 55.7 Å². The molecule has 10 N–H and O–H groups in total. The van der Waals surface area contributed by atoms with Crippen LogP contribution in [0.4, 0.5) is 0 Å². The molecule has 0 aromatic heterocycles. The molecule has 2 aromatic carbocycles. The number of Topliss-reactive ketones (excluding diaryl/α,β-unsaturated/α-hetero) is 2. The van der Waals surface area contributed by atoms with Crippen LogP contribution < -0.4 is 33.6 Å². The van der Waals surface area contributed by atoms with Crippen molar-refractivity contribution in [1.82, 2.24) is 10.6 Å². The van der Waals surface area contributed by atoms with Gasteiger partial charge in [0.05, 0.1) is 6.04 Å². The van der Waals surface area contributed by atoms with Crippen molar-refractivity contribution in [2.24, 2.45) is 45.7 Å². The minimum Gasteiger partial charge on any atom is -0.370 e. The Kier molecular flexibility index (Phi) is 17.6. The van der Waals surface area contributed by atoms with Crippen molar-refractivity contribution < 1.29 is 24.0 Å². The highest BCUT2D eigenvalue weighted by atomic mass is 16.2. The van der Waals surface area contributed by atoms with Gasteiger partial charge in [0.1, 0.15) is 11.8 Å². The number of guanidine groups is 1. The number of ketones is 2. The van der Waals surface area contributed by atoms with Gasteiger partial charge in [-0.25, -0.2) is 0 Å². The number of carbonyl (C=O) groups excluding carboxylic acids is 5. The Balaban J connectivity index is 2.35. The molecule has 4 atom stereocenters. The van der Waals surface area contributed by atoms with Gasteiger partial charge >= 0.3 is 0 Å². The van der Waals surface area contributed by atoms with Crippen molar-refractivity contribution in [1.29, 1.82) is 0 Å². The number of hydrogen-bond acceptors (Lipinski definition) is 7. The summed E-state index contributed by atoms with van der Waals surface area (Å²) in [5.41, 5.74) is 23.9. The number of aliphatic imine (C=N–C) groups is 1. The smallest absolute Gasteiger partial charge is 0.239 e. The van der Waals surface area contributed by atoms with Gasteiger partial charge in [0, 0.05) is 37.1 Å². The lowest BCUT2D eigenvalue weighted by Gasteiger charge is -2.25. The zero-order valence-corrected chi connectivity index (χ0v) is 28.2. The van der Waals surface area contributed by atoms with Crippen LogP contribution in [0.1, 0.15) is 69.9 Å². The minimum atomic E-state index is -0.971. The second kappa shape index (κ2) is 21.3. The number of unbranched alkanes of at least 4 members (excludes halogenated alkanes) is 1. The maximum Gasteiger partial charge on any atom is 0.239 e. The van der Waals surface area contributed by atoms with E-state index in [1.165, 1.54) is 0 Å². The number of benzene rings is 2. The third-order valence-corrected chi connectivity index (χ3v) is 8.19. The zero-order chi connectivity index (χ0) is 35.5. The second-order valence-electron chi connectivity index (χ2n) is 12.5. The fourth-order valence-corrected chi connectivity index (χ4v) is 5.35. The molecule has 262 valence electrons. The predicted molar refractivity (Wildman–Crippen MR) is 187 cm³/mol. The van der Waals surface area contributed by atoms with Gasteiger partial charge in [0.2, 0.25) is 17.7 Å². The minimum absolute atomic E-state index is 0.0189. The number of carbonyl (C=O) groups is 5. The van der Waals surface area contributed by atoms with Crippen molar-refractivity contribution in [2.75, 3.05) is 13.1 Å². The van der Waals surface area contributed by atoms with Gasteiger partial charge < -0.3 is 33.6 Å². The lowest BCUT2D eigenvalue weighted by molar-refractivity contribution is -0.135. The van der Waals surface area contributed by atoms with Gasteiger partial charge in [-0.2, -0.15) is 0 Å². The maximum atomic E-state index is 14.0. The van der Waals surface area contributed by atoms with Crippen LogP contribution in [0.5, 0.6) is 0 Å². The first-order valence-corrected chi connectivity index (χ1v) is 16.7. The number of nitrogens with two attached hydrogens (primary N) is 4. The average Bonchev–Trinajstić information content (AvgIpc) is 3.05. The van der Waals surface area contributed by atoms with E-state index in [1.807, 2.05) is 60.7 Å². The molecule has 48 heavy (non-hydrogen) atoms. The number of nitrogens with one attached hydrogen (secondary N) is 2. The quantitative estimate of drug-likeness (QED) is 0.0583. The van der Waals surface area contributed by atoms with E-state index in [0.29, 0.717) is 38.6 Å². The number of hydrogen-bond donors (Lipinski definition) is 6. The summed E-state index contributed by atoms with van der Waals surface area (Å²) in [6.45, 7) is 4.25. The van der Waals surface area contributed by atoms with Crippen LogP contribution in [0.3, 0.4) is 0 Å². The molecular weight excluding hydrogens is 610 g/mol. The molecule has 2 rings (SSSR count). The van der Waals surface area contributed by atoms with E-state index in [1.54, 1.807) is 13.8 Å². The number of nitrogens with zero attached hydrogens (tertiary/aromatic N) is 1. The summed E-state index contributed by atoms with van der Waals surface area (Å²) in [6.07, 6.45) is 2.52. The fourth-order valence-electron chi connectivity index (χ4n) is 5.35. The molecule has 0 bridgehead atoms. The fraction of sp³-hybridized carbons (Fsp3) is 0.500. The molecule has 2 aromatic rings. The van der Waals surface area contributed by atoms with E-state index in [0.717, 1.165) is 11.1 Å². The highest BCUT2D eigenvalue weighted by Gasteiger charge is 2.32. The van der Waals surface area contributed by atoms with Crippen molar-refractivity contribution in [3.8, 4) is 0 Å². The Labute approximate surface area is 283 Å². The van der Waals surface area contributed by atoms with Crippen LogP contribution >= 0.6 is 0 Å². The molecule has 0 saturated heterocycles. The summed E-state index contributed by atoms with van der Waals surface area (Å²) in [4.78, 5) is 70.4. The molecule has 0 aliphatic rings. The lowest BCUT2D eigenvalue weighted by atomic mass is 9.88. The topological polar surface area (TPSA) is 226 Å². The molecule has 0 fully saturated rings. The lowest BCUT2D eigenvalue weighted by Crippen LogP contribution is -2.49. The number of amides is 3. The molecule has 0 unspecified atom stereocenters. The van der Waals surface area contributed by atoms with Gasteiger partial charge in [0.15, 0.2) is 11.7 Å². The molecule has 0 heterocycles. The van der Waals surface area contributed by atoms with E-state index in [9.17, 15) is 24.0 Å². The molecule has 0 aliphatic heterocycles. The van der Waals surface area contributed by atoms with Crippen molar-refractivity contribution in [2.45, 2.75) is 83.7 Å². The van der Waals surface area contributed by atoms with Crippen LogP contribution in [0.25, 0.3) is 0 Å². The summed E-state index contributed by atoms with van der Waals surface area (Å²) in [6, 6.07) is 16.7. The Morgan fingerprint density at radius 1 is 0.667 bits per heavy atom. The normalized spacial score (nSPS) is 13.5. The summed E-state index contributed by atoms with van der Waals surface area (Å²) in [7, 11) is 0. The van der Waals surface area contributed by atoms with Crippen LogP contribution in [-0.2, 0) is 36.8 Å². The van der Waals surface area contributed by atoms with Gasteiger partial charge in [-0.15, -0.1) is 0 Å². The first-order chi connectivity index (χ1) is 22.9. The molecule has 0 aliphatic carbocycles. The predicted octanol–water partition coefficient (Wildman–Crippen LogP) is 1.92. The van der Waals surface area contributed by atoms with Crippen molar-refractivity contribution >= 4 is 35.2 Å². The molecule has 0 radical (unpaired) electrons. The molecule has 0 spiro atoms. The summed E-state index contributed by atoms with van der Waals surface area (Å²) < 4.78 is 0. The first kappa shape index (κ1) is 39.6. The van der Waals surface area contributed by atoms with E-state index in [2.05, 4.69) is 15.6 Å². The zero-order valence-electron chi connectivity index (χ0n) is 28.2. The third-order valence-electron chi connectivity index (χ3n) is 8.19. The van der Waals surface area contributed by atoms with E-state index < -0.39 is 41.6 Å². The highest BCUT2D eigenvalue weighted by molar-refractivity contribution is 5.95. The number of primary amides is 1. The Morgan fingerprint density at radius 2 is 1.15 bits per heavy atom. The summed E-state index contributed by atoms with van der Waals surface area (Å²) in [5, 5.41) is 5.65. The SMILES string of the molecule is CC(C)C(=O)C[C@@H](Cc1ccccc1)C(=O)N[C@H](CCCN=C(N)N)C(=O)C[C@@H](Cc1ccccc1)C(=O)N[C@@H](CCCCN)C(N)=O. The van der Waals surface area contributed by atoms with Gasteiger partial charge in [-0.3, -0.25) is 29.0 Å². The standard InChI is InChI=1S/C36H53N7O5/c1-24(2)31(44)22-27(20-25-12-5-3-6-13-25)34(47)42-29(17-11-19-41-36(39)40)32(45)23-28(21-26-14-7-4-8-15-26)35(48)43-30(33(38)46)16-9-10-18-37/h3-8,12-15,24,27-30H,9-11,16-23,37H2,1-2H3,(H2,38,46)(H,42,47)(H,43,48)(H4,39,40,41)/t27-,28-,29-,30+/m1/s1. The Morgan fingerprint density at radius 3 is 1.60 bits per heavy atom. The summed E-state index contributed by atoms with van der Waals surface area (Å²) in [5.74, 6) is -3.91. The molecule has 3 amide bonds. The van der Waals surface area contributed by atoms with Crippen LogP contribution in [-0.4, -0.2) is 60.4 Å². The van der Waals surface area contributed by atoms with Crippen molar-refractivity contribution in [3.63, 3.8) is 0 Å². The van der Waals surface area contributed by atoms with E-state index >= 15 is 0 Å². The third kappa shape index (κ3) is 14.9. The van der Waals surface area contributed by atoms with Crippen LogP contribution in [0, 0.1) is 17.8 Å². The summed E-state index contributed by atoms with van der Waals surface area (Å²) >= 11 is 0. The average molecular weight is 664 g/mol. The second-order valence-corrected chi connectivity index (χ2v) is 12.5. The molecule has 12 heteroatoms. The van der Waals surface area contributed by atoms with Crippen LogP contribution in [0.2, 0.25) is 0 Å². The molecule has 0 saturated carbocycles. The Hall–Kier alpha value is -4.58. The van der Waals surface area contributed by atoms with Crippen LogP contribution in [0.15, 0.2) is 65.7 Å². The monoisotopic (exact) mass is 663 g/mol. The number of rotatable bonds is 23. The van der Waals surface area contributed by atoms with Gasteiger partial charge in [0.25, 0.3) is 0 Å². The van der Waals surface area contributed by atoms with Gasteiger partial charge in [-0.05, 0) is 62.6 Å². The molecule has 12 nitrogen and oxygen atoms in total. The maximum absolute atomic E-state index is 14.0. The van der Waals surface area contributed by atoms with Crippen molar-refractivity contribution in [3.05, 3.63) is 71.8 Å². The molecular formula is C36H53N7O5. The largest absolute Gasteiger partial charge is 0.370 e. The first-order valence-electron chi connectivity index (χ1n) is 16.7.